The number of aromatic nitrogens is 2. The van der Waals surface area contributed by atoms with E-state index in [1.54, 1.807) is 30.2 Å². The van der Waals surface area contributed by atoms with Crippen molar-refractivity contribution in [1.82, 2.24) is 15.1 Å². The highest BCUT2D eigenvalue weighted by Gasteiger charge is 1.96. The molecule has 10 heavy (non-hydrogen) atoms. The Bertz CT molecular complexity index is 205. The summed E-state index contributed by atoms with van der Waals surface area (Å²) >= 11 is 0. The fourth-order valence-corrected chi connectivity index (χ4v) is 0.620. The van der Waals surface area contributed by atoms with Gasteiger partial charge in [-0.3, -0.25) is 9.48 Å². The normalized spacial score (nSPS) is 9.30. The highest BCUT2D eigenvalue weighted by atomic mass is 16.1. The second-order valence-electron chi connectivity index (χ2n) is 1.88. The maximum Gasteiger partial charge on any atom is 0.241 e. The highest BCUT2D eigenvalue weighted by Crippen LogP contribution is 1.82. The van der Waals surface area contributed by atoms with E-state index < -0.39 is 0 Å². The van der Waals surface area contributed by atoms with Crippen LogP contribution in [-0.2, 0) is 11.3 Å². The second kappa shape index (κ2) is 3.00. The van der Waals surface area contributed by atoms with Crippen molar-refractivity contribution in [3.8, 4) is 0 Å². The predicted octanol–water partition coefficient (Wildman–Crippen LogP) is -0.371. The molecule has 54 valence electrons. The summed E-state index contributed by atoms with van der Waals surface area (Å²) in [6.45, 7) is 0.295. The summed E-state index contributed by atoms with van der Waals surface area (Å²) < 4.78 is 1.57. The number of hydrogen-bond donors (Lipinski definition) is 1. The van der Waals surface area contributed by atoms with Gasteiger partial charge in [-0.05, 0) is 6.07 Å². The molecule has 4 heteroatoms. The molecule has 0 aliphatic heterocycles. The first kappa shape index (κ1) is 6.80. The van der Waals surface area contributed by atoms with Gasteiger partial charge >= 0.3 is 0 Å². The molecule has 0 spiro atoms. The Labute approximate surface area is 58.8 Å². The molecule has 0 fully saturated rings. The number of nitrogens with one attached hydrogen (secondary N) is 1. The molecule has 1 rings (SSSR count). The van der Waals surface area contributed by atoms with Crippen LogP contribution in [0, 0.1) is 0 Å². The van der Waals surface area contributed by atoms with Crippen LogP contribution in [0.3, 0.4) is 0 Å². The van der Waals surface area contributed by atoms with Crippen molar-refractivity contribution in [1.29, 1.82) is 0 Å². The van der Waals surface area contributed by atoms with E-state index in [4.69, 9.17) is 0 Å². The first-order valence-electron chi connectivity index (χ1n) is 3.01. The van der Waals surface area contributed by atoms with Crippen molar-refractivity contribution in [2.45, 2.75) is 6.54 Å². The van der Waals surface area contributed by atoms with E-state index in [1.807, 2.05) is 0 Å². The van der Waals surface area contributed by atoms with E-state index in [0.717, 1.165) is 0 Å². The Kier molecular flexibility index (Phi) is 2.04. The van der Waals surface area contributed by atoms with Crippen molar-refractivity contribution in [3.63, 3.8) is 0 Å². The molecule has 0 bridgehead atoms. The third kappa shape index (κ3) is 1.58. The topological polar surface area (TPSA) is 46.9 Å². The number of nitrogens with zero attached hydrogens (tertiary/aromatic N) is 2. The Morgan fingerprint density at radius 2 is 2.60 bits per heavy atom. The van der Waals surface area contributed by atoms with Crippen LogP contribution >= 0.6 is 0 Å². The van der Waals surface area contributed by atoms with Gasteiger partial charge in [0, 0.05) is 19.4 Å². The largest absolute Gasteiger partial charge is 0.358 e. The molecule has 0 saturated heterocycles. The first-order valence-corrected chi connectivity index (χ1v) is 3.01. The van der Waals surface area contributed by atoms with Crippen LogP contribution < -0.4 is 5.32 Å². The van der Waals surface area contributed by atoms with Crippen LogP contribution in [-0.4, -0.2) is 22.7 Å². The summed E-state index contributed by atoms with van der Waals surface area (Å²) in [5, 5.41) is 6.36. The Morgan fingerprint density at radius 3 is 3.10 bits per heavy atom. The molecule has 0 atom stereocenters. The molecule has 1 aromatic rings. The third-order valence-electron chi connectivity index (χ3n) is 1.14. The molecule has 4 nitrogen and oxygen atoms in total. The van der Waals surface area contributed by atoms with E-state index in [2.05, 4.69) is 10.4 Å². The van der Waals surface area contributed by atoms with Gasteiger partial charge in [0.2, 0.25) is 5.91 Å². The lowest BCUT2D eigenvalue weighted by Gasteiger charge is -1.97. The third-order valence-corrected chi connectivity index (χ3v) is 1.14. The van der Waals surface area contributed by atoms with E-state index in [-0.39, 0.29) is 5.91 Å². The molecule has 0 aliphatic carbocycles. The first-order chi connectivity index (χ1) is 4.83. The minimum absolute atomic E-state index is 0.0382. The molecule has 1 N–H and O–H groups in total. The summed E-state index contributed by atoms with van der Waals surface area (Å²) in [5.74, 6) is -0.0382. The minimum atomic E-state index is -0.0382. The number of likely N-dealkylation sites (N-methyl/N-ethyl adjacent to an activating group) is 1. The van der Waals surface area contributed by atoms with E-state index in [9.17, 15) is 4.79 Å². The monoisotopic (exact) mass is 139 g/mol. The molecular formula is C6H9N3O. The fourth-order valence-electron chi connectivity index (χ4n) is 0.620. The van der Waals surface area contributed by atoms with Crippen LogP contribution in [0.5, 0.6) is 0 Å². The molecule has 0 radical (unpaired) electrons. The Balaban J connectivity index is 2.48. The van der Waals surface area contributed by atoms with Crippen molar-refractivity contribution in [3.05, 3.63) is 18.5 Å². The number of hydrogen-bond acceptors (Lipinski definition) is 2. The van der Waals surface area contributed by atoms with Gasteiger partial charge in [-0.1, -0.05) is 0 Å². The van der Waals surface area contributed by atoms with E-state index in [1.165, 1.54) is 0 Å². The smallest absolute Gasteiger partial charge is 0.241 e. The van der Waals surface area contributed by atoms with E-state index in [0.29, 0.717) is 6.54 Å². The van der Waals surface area contributed by atoms with Crippen LogP contribution in [0.25, 0.3) is 0 Å². The predicted molar refractivity (Wildman–Crippen MR) is 36.3 cm³/mol. The zero-order valence-electron chi connectivity index (χ0n) is 5.74. The zero-order chi connectivity index (χ0) is 7.40. The Morgan fingerprint density at radius 1 is 1.80 bits per heavy atom. The maximum absolute atomic E-state index is 10.7. The van der Waals surface area contributed by atoms with Crippen molar-refractivity contribution < 1.29 is 4.79 Å². The Hall–Kier alpha value is -1.32. The van der Waals surface area contributed by atoms with Gasteiger partial charge in [-0.2, -0.15) is 5.10 Å². The van der Waals surface area contributed by atoms with Crippen LogP contribution in [0.4, 0.5) is 0 Å². The van der Waals surface area contributed by atoms with Gasteiger partial charge < -0.3 is 5.32 Å². The van der Waals surface area contributed by atoms with Gasteiger partial charge in [0.05, 0.1) is 0 Å². The minimum Gasteiger partial charge on any atom is -0.358 e. The standard InChI is InChI=1S/C6H9N3O/c1-7-6(10)5-9-4-2-3-8-9/h2-4H,5H2,1H3,(H,7,10). The molecule has 1 heterocycles. The van der Waals surface area contributed by atoms with Crippen molar-refractivity contribution >= 4 is 5.91 Å². The molecule has 0 aliphatic rings. The number of amides is 1. The van der Waals surface area contributed by atoms with Gasteiger partial charge in [0.15, 0.2) is 0 Å². The summed E-state index contributed by atoms with van der Waals surface area (Å²) in [7, 11) is 1.60. The second-order valence-corrected chi connectivity index (χ2v) is 1.88. The highest BCUT2D eigenvalue weighted by molar-refractivity contribution is 5.75. The van der Waals surface area contributed by atoms with Crippen LogP contribution in [0.15, 0.2) is 18.5 Å². The van der Waals surface area contributed by atoms with Crippen molar-refractivity contribution in [2.75, 3.05) is 7.05 Å². The summed E-state index contributed by atoms with van der Waals surface area (Å²) in [6.07, 6.45) is 3.39. The molecule has 1 amide bonds. The average Bonchev–Trinajstić information content (AvgIpc) is 2.40. The quantitative estimate of drug-likeness (QED) is 0.607. The molecular weight excluding hydrogens is 130 g/mol. The van der Waals surface area contributed by atoms with E-state index >= 15 is 0 Å². The van der Waals surface area contributed by atoms with Crippen molar-refractivity contribution in [2.24, 2.45) is 0 Å². The van der Waals surface area contributed by atoms with Crippen LogP contribution in [0.1, 0.15) is 0 Å². The number of rotatable bonds is 2. The molecule has 0 unspecified atom stereocenters. The lowest BCUT2D eigenvalue weighted by Crippen LogP contribution is -2.23. The van der Waals surface area contributed by atoms with Gasteiger partial charge in [-0.15, -0.1) is 0 Å². The molecule has 0 saturated carbocycles. The number of carbonyl (C=O) groups excluding carboxylic acids is 1. The summed E-state index contributed by atoms with van der Waals surface area (Å²) in [6, 6.07) is 1.78. The molecule has 1 aromatic heterocycles. The summed E-state index contributed by atoms with van der Waals surface area (Å²) in [4.78, 5) is 10.7. The lowest BCUT2D eigenvalue weighted by molar-refractivity contribution is -0.121. The van der Waals surface area contributed by atoms with Crippen LogP contribution in [0.2, 0.25) is 0 Å². The maximum atomic E-state index is 10.7. The fraction of sp³-hybridized carbons (Fsp3) is 0.333. The van der Waals surface area contributed by atoms with Gasteiger partial charge in [0.25, 0.3) is 0 Å². The van der Waals surface area contributed by atoms with Gasteiger partial charge in [-0.25, -0.2) is 0 Å². The number of carbonyl (C=O) groups is 1. The van der Waals surface area contributed by atoms with Gasteiger partial charge in [0.1, 0.15) is 6.54 Å². The molecule has 0 aromatic carbocycles. The zero-order valence-corrected chi connectivity index (χ0v) is 5.74. The average molecular weight is 139 g/mol. The summed E-state index contributed by atoms with van der Waals surface area (Å²) in [5.41, 5.74) is 0. The lowest BCUT2D eigenvalue weighted by atomic mass is 10.6. The SMILES string of the molecule is CNC(=O)Cn1cccn1.